The number of aryl methyl sites for hydroxylation is 2. The molecule has 0 saturated carbocycles. The fraction of sp³-hybridized carbons (Fsp3) is 0.208. The Kier molecular flexibility index (Phi) is 6.67. The molecule has 0 aliphatic carbocycles. The summed E-state index contributed by atoms with van der Waals surface area (Å²) in [5.41, 5.74) is 3.29. The van der Waals surface area contributed by atoms with Crippen molar-refractivity contribution in [1.82, 2.24) is 20.6 Å². The van der Waals surface area contributed by atoms with Crippen molar-refractivity contribution in [3.8, 4) is 17.2 Å². The summed E-state index contributed by atoms with van der Waals surface area (Å²) in [5, 5.41) is 12.8. The number of anilines is 1. The van der Waals surface area contributed by atoms with Crippen LogP contribution in [0.5, 0.6) is 5.75 Å². The van der Waals surface area contributed by atoms with Crippen LogP contribution in [0.4, 0.5) is 5.69 Å². The third-order valence-electron chi connectivity index (χ3n) is 5.09. The van der Waals surface area contributed by atoms with Crippen molar-refractivity contribution in [2.45, 2.75) is 26.8 Å². The normalized spacial score (nSPS) is 10.7. The van der Waals surface area contributed by atoms with E-state index in [-0.39, 0.29) is 24.6 Å². The highest BCUT2D eigenvalue weighted by molar-refractivity contribution is 5.93. The zero-order valence-corrected chi connectivity index (χ0v) is 18.9. The molecule has 4 rings (SSSR count). The molecule has 2 heterocycles. The molecule has 2 N–H and O–H groups in total. The van der Waals surface area contributed by atoms with Crippen molar-refractivity contribution in [2.75, 3.05) is 12.4 Å². The lowest BCUT2D eigenvalue weighted by atomic mass is 10.1. The van der Waals surface area contributed by atoms with Crippen LogP contribution in [0.15, 0.2) is 57.6 Å². The minimum atomic E-state index is -0.413. The van der Waals surface area contributed by atoms with Crippen LogP contribution in [0.3, 0.4) is 0 Å². The molecule has 0 atom stereocenters. The number of ether oxygens (including phenoxy) is 1. The molecule has 0 fully saturated rings. The summed E-state index contributed by atoms with van der Waals surface area (Å²) in [6.07, 6.45) is 0.233. The summed E-state index contributed by atoms with van der Waals surface area (Å²) in [7, 11) is 1.60. The lowest BCUT2D eigenvalue weighted by Gasteiger charge is -2.07. The van der Waals surface area contributed by atoms with E-state index < -0.39 is 5.91 Å². The first-order chi connectivity index (χ1) is 16.4. The molecule has 4 aromatic rings. The van der Waals surface area contributed by atoms with Gasteiger partial charge in [0.15, 0.2) is 5.69 Å². The summed E-state index contributed by atoms with van der Waals surface area (Å²) < 4.78 is 15.5. The van der Waals surface area contributed by atoms with Gasteiger partial charge in [-0.2, -0.15) is 0 Å². The molecule has 2 amide bonds. The van der Waals surface area contributed by atoms with E-state index in [0.717, 1.165) is 11.3 Å². The maximum Gasteiger partial charge on any atom is 0.275 e. The number of nitrogens with one attached hydrogen (secondary N) is 2. The summed E-state index contributed by atoms with van der Waals surface area (Å²) in [6, 6.07) is 14.5. The average molecular weight is 461 g/mol. The lowest BCUT2D eigenvalue weighted by molar-refractivity contribution is -0.115. The maximum atomic E-state index is 12.5. The largest absolute Gasteiger partial charge is 0.497 e. The van der Waals surface area contributed by atoms with Gasteiger partial charge in [-0.15, -0.1) is 0 Å². The molecular formula is C24H23N5O5. The lowest BCUT2D eigenvalue weighted by Crippen LogP contribution is -2.24. The number of aromatic nitrogens is 3. The number of hydrogen-bond acceptors (Lipinski definition) is 8. The van der Waals surface area contributed by atoms with Gasteiger partial charge in [0, 0.05) is 11.3 Å². The number of methoxy groups -OCH3 is 1. The Morgan fingerprint density at radius 3 is 2.56 bits per heavy atom. The van der Waals surface area contributed by atoms with Gasteiger partial charge >= 0.3 is 0 Å². The average Bonchev–Trinajstić information content (AvgIpc) is 3.43. The van der Waals surface area contributed by atoms with Crippen LogP contribution in [0.2, 0.25) is 0 Å². The van der Waals surface area contributed by atoms with Crippen molar-refractivity contribution < 1.29 is 23.4 Å². The predicted molar refractivity (Wildman–Crippen MR) is 122 cm³/mol. The van der Waals surface area contributed by atoms with Crippen LogP contribution in [0, 0.1) is 13.8 Å². The third-order valence-corrected chi connectivity index (χ3v) is 5.09. The van der Waals surface area contributed by atoms with Crippen molar-refractivity contribution >= 4 is 17.5 Å². The molecule has 34 heavy (non-hydrogen) atoms. The van der Waals surface area contributed by atoms with Crippen molar-refractivity contribution in [2.24, 2.45) is 0 Å². The first kappa shape index (κ1) is 22.7. The fourth-order valence-electron chi connectivity index (χ4n) is 3.26. The molecule has 0 aliphatic rings. The van der Waals surface area contributed by atoms with Crippen LogP contribution in [-0.2, 0) is 17.8 Å². The second-order valence-corrected chi connectivity index (χ2v) is 7.56. The highest BCUT2D eigenvalue weighted by Crippen LogP contribution is 2.24. The van der Waals surface area contributed by atoms with Crippen molar-refractivity contribution in [3.63, 3.8) is 0 Å². The molecule has 0 bridgehead atoms. The monoisotopic (exact) mass is 461 g/mol. The van der Waals surface area contributed by atoms with Gasteiger partial charge in [0.1, 0.15) is 22.9 Å². The molecule has 0 aliphatic heterocycles. The summed E-state index contributed by atoms with van der Waals surface area (Å²) in [6.45, 7) is 3.55. The molecule has 10 heteroatoms. The predicted octanol–water partition coefficient (Wildman–Crippen LogP) is 3.46. The summed E-state index contributed by atoms with van der Waals surface area (Å²) in [5.74, 6) is 1.13. The first-order valence-corrected chi connectivity index (χ1v) is 10.5. The Morgan fingerprint density at radius 2 is 1.85 bits per heavy atom. The molecule has 0 saturated heterocycles. The van der Waals surface area contributed by atoms with Gasteiger partial charge in [0.25, 0.3) is 5.91 Å². The SMILES string of the molecule is COc1ccc(CC(=O)Nc2cccc(-c3nc(CNC(=O)c4nonc4C)c(C)o3)c2)cc1. The Morgan fingerprint density at radius 1 is 1.06 bits per heavy atom. The Balaban J connectivity index is 1.40. The van der Waals surface area contributed by atoms with Crippen LogP contribution in [-0.4, -0.2) is 34.2 Å². The van der Waals surface area contributed by atoms with E-state index in [9.17, 15) is 9.59 Å². The fourth-order valence-corrected chi connectivity index (χ4v) is 3.26. The number of rotatable bonds is 8. The molecule has 0 unspecified atom stereocenters. The van der Waals surface area contributed by atoms with Crippen LogP contribution < -0.4 is 15.4 Å². The summed E-state index contributed by atoms with van der Waals surface area (Å²) >= 11 is 0. The van der Waals surface area contributed by atoms with Crippen molar-refractivity contribution in [1.29, 1.82) is 0 Å². The number of nitrogens with zero attached hydrogens (tertiary/aromatic N) is 3. The minimum absolute atomic E-state index is 0.124. The van der Waals surface area contributed by atoms with Crippen molar-refractivity contribution in [3.05, 3.63) is 76.9 Å². The smallest absolute Gasteiger partial charge is 0.275 e. The standard InChI is InChI=1S/C24H23N5O5/c1-14-22(29-34-28-14)23(31)25-13-20-15(2)33-24(27-20)17-5-4-6-18(12-17)26-21(30)11-16-7-9-19(32-3)10-8-16/h4-10,12H,11,13H2,1-3H3,(H,25,31)(H,26,30). The van der Waals surface area contributed by atoms with Gasteiger partial charge in [0.2, 0.25) is 11.8 Å². The second-order valence-electron chi connectivity index (χ2n) is 7.56. The minimum Gasteiger partial charge on any atom is -0.497 e. The molecule has 2 aromatic heterocycles. The topological polar surface area (TPSA) is 132 Å². The zero-order valence-electron chi connectivity index (χ0n) is 18.9. The molecule has 0 spiro atoms. The second kappa shape index (κ2) is 9.99. The molecule has 0 radical (unpaired) electrons. The number of oxazole rings is 1. The number of carbonyl (C=O) groups excluding carboxylic acids is 2. The van der Waals surface area contributed by atoms with Gasteiger partial charge in [-0.1, -0.05) is 23.4 Å². The zero-order chi connectivity index (χ0) is 24.1. The maximum absolute atomic E-state index is 12.5. The molecule has 10 nitrogen and oxygen atoms in total. The highest BCUT2D eigenvalue weighted by Gasteiger charge is 2.17. The van der Waals surface area contributed by atoms with Crippen LogP contribution in [0.1, 0.15) is 33.2 Å². The number of benzene rings is 2. The number of amides is 2. The van der Waals surface area contributed by atoms with Crippen LogP contribution in [0.25, 0.3) is 11.5 Å². The van der Waals surface area contributed by atoms with Gasteiger partial charge in [0.05, 0.1) is 20.1 Å². The van der Waals surface area contributed by atoms with E-state index in [4.69, 9.17) is 9.15 Å². The van der Waals surface area contributed by atoms with E-state index in [1.807, 2.05) is 30.3 Å². The number of carbonyl (C=O) groups is 2. The highest BCUT2D eigenvalue weighted by atomic mass is 16.6. The third kappa shape index (κ3) is 5.29. The van der Waals surface area contributed by atoms with Crippen LogP contribution >= 0.6 is 0 Å². The van der Waals surface area contributed by atoms with E-state index in [1.54, 1.807) is 39.2 Å². The van der Waals surface area contributed by atoms with Gasteiger partial charge in [-0.3, -0.25) is 9.59 Å². The summed E-state index contributed by atoms with van der Waals surface area (Å²) in [4.78, 5) is 29.2. The Labute approximate surface area is 195 Å². The van der Waals surface area contributed by atoms with Gasteiger partial charge in [-0.25, -0.2) is 9.61 Å². The first-order valence-electron chi connectivity index (χ1n) is 10.5. The van der Waals surface area contributed by atoms with E-state index in [0.29, 0.717) is 34.3 Å². The van der Waals surface area contributed by atoms with E-state index >= 15 is 0 Å². The van der Waals surface area contributed by atoms with Gasteiger partial charge < -0.3 is 19.8 Å². The quantitative estimate of drug-likeness (QED) is 0.408. The van der Waals surface area contributed by atoms with Gasteiger partial charge in [-0.05, 0) is 54.9 Å². The number of hydrogen-bond donors (Lipinski definition) is 2. The Bertz CT molecular complexity index is 1310. The Hall–Kier alpha value is -4.47. The van der Waals surface area contributed by atoms with E-state index in [2.05, 4.69) is 30.6 Å². The van der Waals surface area contributed by atoms with E-state index in [1.165, 1.54) is 0 Å². The molecule has 2 aromatic carbocycles. The molecule has 174 valence electrons. The molecular weight excluding hydrogens is 438 g/mol.